The number of rotatable bonds is 7. The predicted molar refractivity (Wildman–Crippen MR) is 105 cm³/mol. The predicted octanol–water partition coefficient (Wildman–Crippen LogP) is 2.42. The van der Waals surface area contributed by atoms with Crippen LogP contribution in [0.15, 0.2) is 11.2 Å². The first-order valence-corrected chi connectivity index (χ1v) is 7.56. The van der Waals surface area contributed by atoms with Crippen LogP contribution in [-0.2, 0) is 11.3 Å². The minimum Gasteiger partial charge on any atom is -0.496 e. The van der Waals surface area contributed by atoms with Gasteiger partial charge in [0.25, 0.3) is 0 Å². The number of aromatic nitrogens is 1. The maximum absolute atomic E-state index is 5.43. The van der Waals surface area contributed by atoms with Crippen LogP contribution in [0.4, 0.5) is 0 Å². The third-order valence-corrected chi connectivity index (χ3v) is 3.28. The smallest absolute Gasteiger partial charge is 0.191 e. The SMILES string of the molecule is CCNC(=NCc1ncc(C)c(OC)c1C)NC(C)COC.I. The van der Waals surface area contributed by atoms with Crippen LogP contribution in [0, 0.1) is 13.8 Å². The molecule has 0 bridgehead atoms. The third-order valence-electron chi connectivity index (χ3n) is 3.28. The quantitative estimate of drug-likeness (QED) is 0.391. The van der Waals surface area contributed by atoms with Crippen molar-refractivity contribution in [2.75, 3.05) is 27.4 Å². The topological polar surface area (TPSA) is 67.8 Å². The Balaban J connectivity index is 0.00000484. The first kappa shape index (κ1) is 21.9. The number of pyridine rings is 1. The van der Waals surface area contributed by atoms with E-state index in [-0.39, 0.29) is 30.0 Å². The first-order chi connectivity index (χ1) is 10.5. The van der Waals surface area contributed by atoms with E-state index in [1.807, 2.05) is 27.0 Å². The molecular formula is C16H29IN4O2. The van der Waals surface area contributed by atoms with Crippen molar-refractivity contribution in [3.63, 3.8) is 0 Å². The van der Waals surface area contributed by atoms with E-state index in [2.05, 4.69) is 27.5 Å². The van der Waals surface area contributed by atoms with E-state index in [9.17, 15) is 0 Å². The number of nitrogens with one attached hydrogen (secondary N) is 2. The summed E-state index contributed by atoms with van der Waals surface area (Å²) in [4.78, 5) is 9.06. The van der Waals surface area contributed by atoms with Gasteiger partial charge in [-0.3, -0.25) is 4.98 Å². The average molecular weight is 436 g/mol. The second-order valence-electron chi connectivity index (χ2n) is 5.24. The van der Waals surface area contributed by atoms with E-state index in [0.29, 0.717) is 13.2 Å². The Kier molecular flexibility index (Phi) is 10.9. The fraction of sp³-hybridized carbons (Fsp3) is 0.625. The molecule has 1 aromatic rings. The van der Waals surface area contributed by atoms with Gasteiger partial charge in [-0.05, 0) is 27.7 Å². The lowest BCUT2D eigenvalue weighted by Gasteiger charge is -2.17. The molecule has 0 saturated heterocycles. The molecule has 0 spiro atoms. The number of hydrogen-bond acceptors (Lipinski definition) is 4. The number of nitrogens with zero attached hydrogens (tertiary/aromatic N) is 2. The van der Waals surface area contributed by atoms with Gasteiger partial charge in [0.15, 0.2) is 5.96 Å². The zero-order valence-electron chi connectivity index (χ0n) is 14.9. The third kappa shape index (κ3) is 6.90. The highest BCUT2D eigenvalue weighted by atomic mass is 127. The molecule has 0 saturated carbocycles. The highest BCUT2D eigenvalue weighted by Crippen LogP contribution is 2.24. The van der Waals surface area contributed by atoms with Crippen molar-refractivity contribution in [1.29, 1.82) is 0 Å². The first-order valence-electron chi connectivity index (χ1n) is 7.56. The lowest BCUT2D eigenvalue weighted by molar-refractivity contribution is 0.179. The fourth-order valence-corrected chi connectivity index (χ4v) is 2.23. The number of hydrogen-bond donors (Lipinski definition) is 2. The van der Waals surface area contributed by atoms with Crippen LogP contribution in [0.25, 0.3) is 0 Å². The van der Waals surface area contributed by atoms with Crippen molar-refractivity contribution in [3.8, 4) is 5.75 Å². The molecule has 0 aliphatic rings. The molecule has 0 aliphatic heterocycles. The van der Waals surface area contributed by atoms with Crippen molar-refractivity contribution >= 4 is 29.9 Å². The molecule has 1 unspecified atom stereocenters. The summed E-state index contributed by atoms with van der Waals surface area (Å²) >= 11 is 0. The Bertz CT molecular complexity index is 509. The second-order valence-corrected chi connectivity index (χ2v) is 5.24. The standard InChI is InChI=1S/C16H28N4O2.HI/c1-7-17-16(20-12(3)10-21-5)19-9-14-13(4)15(22-6)11(2)8-18-14;/h8,12H,7,9-10H2,1-6H3,(H2,17,19,20);1H. The van der Waals surface area contributed by atoms with Gasteiger partial charge in [0, 0.05) is 37.0 Å². The number of aliphatic imine (C=N–C) groups is 1. The van der Waals surface area contributed by atoms with Gasteiger partial charge in [-0.1, -0.05) is 0 Å². The van der Waals surface area contributed by atoms with Crippen molar-refractivity contribution in [2.45, 2.75) is 40.3 Å². The minimum atomic E-state index is 0. The molecule has 6 nitrogen and oxygen atoms in total. The molecule has 2 N–H and O–H groups in total. The number of methoxy groups -OCH3 is 2. The van der Waals surface area contributed by atoms with Crippen LogP contribution in [-0.4, -0.2) is 44.4 Å². The Labute approximate surface area is 156 Å². The van der Waals surface area contributed by atoms with Crippen molar-refractivity contribution in [1.82, 2.24) is 15.6 Å². The highest BCUT2D eigenvalue weighted by Gasteiger charge is 2.10. The molecule has 132 valence electrons. The number of guanidine groups is 1. The van der Waals surface area contributed by atoms with E-state index in [1.165, 1.54) is 0 Å². The summed E-state index contributed by atoms with van der Waals surface area (Å²) in [5, 5.41) is 6.53. The van der Waals surface area contributed by atoms with E-state index < -0.39 is 0 Å². The van der Waals surface area contributed by atoms with Gasteiger partial charge in [-0.25, -0.2) is 4.99 Å². The lowest BCUT2D eigenvalue weighted by Crippen LogP contribution is -2.43. The Morgan fingerprint density at radius 1 is 1.35 bits per heavy atom. The average Bonchev–Trinajstić information content (AvgIpc) is 2.47. The van der Waals surface area contributed by atoms with Gasteiger partial charge in [-0.15, -0.1) is 24.0 Å². The van der Waals surface area contributed by atoms with Gasteiger partial charge in [0.05, 0.1) is 26.0 Å². The molecule has 0 fully saturated rings. The number of ether oxygens (including phenoxy) is 2. The van der Waals surface area contributed by atoms with Crippen LogP contribution in [0.5, 0.6) is 5.75 Å². The Morgan fingerprint density at radius 2 is 2.04 bits per heavy atom. The number of aryl methyl sites for hydroxylation is 1. The molecule has 23 heavy (non-hydrogen) atoms. The molecule has 1 heterocycles. The molecule has 0 radical (unpaired) electrons. The fourth-order valence-electron chi connectivity index (χ4n) is 2.23. The van der Waals surface area contributed by atoms with Crippen LogP contribution in [0.3, 0.4) is 0 Å². The van der Waals surface area contributed by atoms with Crippen molar-refractivity contribution in [3.05, 3.63) is 23.0 Å². The molecule has 1 atom stereocenters. The van der Waals surface area contributed by atoms with Gasteiger partial charge in [-0.2, -0.15) is 0 Å². The summed E-state index contributed by atoms with van der Waals surface area (Å²) in [7, 11) is 3.37. The molecule has 0 aromatic carbocycles. The van der Waals surface area contributed by atoms with Crippen LogP contribution in [0.2, 0.25) is 0 Å². The summed E-state index contributed by atoms with van der Waals surface area (Å²) in [5.74, 6) is 1.64. The molecule has 7 heteroatoms. The zero-order chi connectivity index (χ0) is 16.5. The maximum Gasteiger partial charge on any atom is 0.191 e. The normalized spacial score (nSPS) is 12.3. The molecule has 1 aromatic heterocycles. The Morgan fingerprint density at radius 3 is 2.61 bits per heavy atom. The minimum absolute atomic E-state index is 0. The van der Waals surface area contributed by atoms with E-state index in [0.717, 1.165) is 35.1 Å². The second kappa shape index (κ2) is 11.4. The highest BCUT2D eigenvalue weighted by molar-refractivity contribution is 14.0. The summed E-state index contributed by atoms with van der Waals surface area (Å²) in [6.07, 6.45) is 1.82. The zero-order valence-corrected chi connectivity index (χ0v) is 17.2. The molecular weight excluding hydrogens is 407 g/mol. The van der Waals surface area contributed by atoms with Crippen molar-refractivity contribution in [2.24, 2.45) is 4.99 Å². The Hall–Kier alpha value is -1.09. The van der Waals surface area contributed by atoms with Gasteiger partial charge in [0.1, 0.15) is 5.75 Å². The van der Waals surface area contributed by atoms with Crippen molar-refractivity contribution < 1.29 is 9.47 Å². The summed E-state index contributed by atoms with van der Waals surface area (Å²) in [5.41, 5.74) is 2.98. The molecule has 0 amide bonds. The van der Waals surface area contributed by atoms with E-state index in [4.69, 9.17) is 9.47 Å². The van der Waals surface area contributed by atoms with Crippen LogP contribution >= 0.6 is 24.0 Å². The number of halogens is 1. The molecule has 1 rings (SSSR count). The van der Waals surface area contributed by atoms with E-state index in [1.54, 1.807) is 14.2 Å². The van der Waals surface area contributed by atoms with Crippen LogP contribution in [0.1, 0.15) is 30.7 Å². The van der Waals surface area contributed by atoms with Gasteiger partial charge < -0.3 is 20.1 Å². The lowest BCUT2D eigenvalue weighted by atomic mass is 10.1. The summed E-state index contributed by atoms with van der Waals surface area (Å²) in [6.45, 7) is 10.0. The van der Waals surface area contributed by atoms with Gasteiger partial charge in [0.2, 0.25) is 0 Å². The largest absolute Gasteiger partial charge is 0.496 e. The van der Waals surface area contributed by atoms with E-state index >= 15 is 0 Å². The molecule has 0 aliphatic carbocycles. The monoisotopic (exact) mass is 436 g/mol. The van der Waals surface area contributed by atoms with Gasteiger partial charge >= 0.3 is 0 Å². The summed E-state index contributed by atoms with van der Waals surface area (Å²) < 4.78 is 10.6. The maximum atomic E-state index is 5.43. The summed E-state index contributed by atoms with van der Waals surface area (Å²) in [6, 6.07) is 0.185. The van der Waals surface area contributed by atoms with Crippen LogP contribution < -0.4 is 15.4 Å².